The van der Waals surface area contributed by atoms with Crippen LogP contribution in [-0.4, -0.2) is 42.9 Å². The monoisotopic (exact) mass is 345 g/mol. The molecule has 0 saturated carbocycles. The zero-order valence-corrected chi connectivity index (χ0v) is 16.2. The molecule has 0 atom stereocenters. The number of hydrogen-bond donors (Lipinski definition) is 1. The summed E-state index contributed by atoms with van der Waals surface area (Å²) in [6.07, 6.45) is 2.31. The van der Waals surface area contributed by atoms with Gasteiger partial charge in [0.25, 0.3) is 5.91 Å². The molecule has 2 rings (SSSR count). The van der Waals surface area contributed by atoms with E-state index in [1.807, 2.05) is 57.7 Å². The first-order valence-corrected chi connectivity index (χ1v) is 9.27. The molecule has 0 spiro atoms. The summed E-state index contributed by atoms with van der Waals surface area (Å²) in [5.41, 5.74) is 1.86. The fraction of sp³-hybridized carbons (Fsp3) is 0.600. The Balaban J connectivity index is 2.38. The molecule has 25 heavy (non-hydrogen) atoms. The van der Waals surface area contributed by atoms with Crippen LogP contribution in [0.25, 0.3) is 0 Å². The van der Waals surface area contributed by atoms with Crippen LogP contribution in [0.1, 0.15) is 57.8 Å². The lowest BCUT2D eigenvalue weighted by Crippen LogP contribution is -2.33. The second kappa shape index (κ2) is 7.89. The summed E-state index contributed by atoms with van der Waals surface area (Å²) in [4.78, 5) is 29.4. The maximum absolute atomic E-state index is 13.0. The number of anilines is 2. The topological polar surface area (TPSA) is 52.7 Å². The van der Waals surface area contributed by atoms with Gasteiger partial charge < -0.3 is 15.1 Å². The SMILES string of the molecule is CCN(CC)C(=O)c1cc(NC(=O)C(C)(C)C)ccc1N1CCCC1. The molecule has 138 valence electrons. The highest BCUT2D eigenvalue weighted by atomic mass is 16.2. The third-order valence-electron chi connectivity index (χ3n) is 4.66. The summed E-state index contributed by atoms with van der Waals surface area (Å²) >= 11 is 0. The number of nitrogens with one attached hydrogen (secondary N) is 1. The molecule has 0 unspecified atom stereocenters. The molecule has 5 heteroatoms. The Hall–Kier alpha value is -2.04. The number of hydrogen-bond acceptors (Lipinski definition) is 3. The second-order valence-corrected chi connectivity index (χ2v) is 7.61. The Morgan fingerprint density at radius 2 is 1.72 bits per heavy atom. The van der Waals surface area contributed by atoms with Gasteiger partial charge in [-0.2, -0.15) is 0 Å². The first kappa shape index (κ1) is 19.3. The van der Waals surface area contributed by atoms with E-state index in [0.717, 1.165) is 31.6 Å². The zero-order chi connectivity index (χ0) is 18.6. The summed E-state index contributed by atoms with van der Waals surface area (Å²) in [6.45, 7) is 12.9. The Morgan fingerprint density at radius 1 is 1.12 bits per heavy atom. The van der Waals surface area contributed by atoms with Crippen molar-refractivity contribution in [3.63, 3.8) is 0 Å². The Kier molecular flexibility index (Phi) is 6.09. The molecule has 0 radical (unpaired) electrons. The quantitative estimate of drug-likeness (QED) is 0.884. The van der Waals surface area contributed by atoms with Gasteiger partial charge in [-0.1, -0.05) is 20.8 Å². The van der Waals surface area contributed by atoms with E-state index in [2.05, 4.69) is 10.2 Å². The molecule has 1 heterocycles. The predicted molar refractivity (Wildman–Crippen MR) is 103 cm³/mol. The lowest BCUT2D eigenvalue weighted by molar-refractivity contribution is -0.123. The van der Waals surface area contributed by atoms with Crippen LogP contribution in [0.3, 0.4) is 0 Å². The predicted octanol–water partition coefficient (Wildman–Crippen LogP) is 3.75. The fourth-order valence-electron chi connectivity index (χ4n) is 3.02. The highest BCUT2D eigenvalue weighted by molar-refractivity contribution is 6.02. The summed E-state index contributed by atoms with van der Waals surface area (Å²) in [6, 6.07) is 5.70. The number of rotatable bonds is 5. The molecule has 1 N–H and O–H groups in total. The molecule has 1 aromatic carbocycles. The lowest BCUT2D eigenvalue weighted by atomic mass is 9.95. The summed E-state index contributed by atoms with van der Waals surface area (Å²) in [5.74, 6) is -0.0265. The van der Waals surface area contributed by atoms with Gasteiger partial charge in [0.1, 0.15) is 0 Å². The minimum Gasteiger partial charge on any atom is -0.371 e. The van der Waals surface area contributed by atoms with Gasteiger partial charge >= 0.3 is 0 Å². The molecular formula is C20H31N3O2. The van der Waals surface area contributed by atoms with Crippen LogP contribution in [0.15, 0.2) is 18.2 Å². The van der Waals surface area contributed by atoms with Gasteiger partial charge in [-0.15, -0.1) is 0 Å². The van der Waals surface area contributed by atoms with Gasteiger partial charge in [-0.25, -0.2) is 0 Å². The van der Waals surface area contributed by atoms with Crippen molar-refractivity contribution in [2.75, 3.05) is 36.4 Å². The smallest absolute Gasteiger partial charge is 0.256 e. The van der Waals surface area contributed by atoms with Crippen LogP contribution >= 0.6 is 0 Å². The maximum Gasteiger partial charge on any atom is 0.256 e. The highest BCUT2D eigenvalue weighted by Crippen LogP contribution is 2.29. The molecule has 1 fully saturated rings. The van der Waals surface area contributed by atoms with E-state index >= 15 is 0 Å². The first-order valence-electron chi connectivity index (χ1n) is 9.27. The number of benzene rings is 1. The van der Waals surface area contributed by atoms with Crippen molar-refractivity contribution in [3.8, 4) is 0 Å². The molecule has 0 aliphatic carbocycles. The molecule has 1 aliphatic rings. The van der Waals surface area contributed by atoms with Crippen LogP contribution in [0, 0.1) is 5.41 Å². The van der Waals surface area contributed by atoms with Gasteiger partial charge in [0.15, 0.2) is 0 Å². The zero-order valence-electron chi connectivity index (χ0n) is 16.2. The number of carbonyl (C=O) groups excluding carboxylic acids is 2. The molecule has 1 aliphatic heterocycles. The van der Waals surface area contributed by atoms with Gasteiger partial charge in [0.2, 0.25) is 5.91 Å². The fourth-order valence-corrected chi connectivity index (χ4v) is 3.02. The van der Waals surface area contributed by atoms with Crippen LogP contribution in [-0.2, 0) is 4.79 Å². The maximum atomic E-state index is 13.0. The van der Waals surface area contributed by atoms with Crippen molar-refractivity contribution in [1.29, 1.82) is 0 Å². The van der Waals surface area contributed by atoms with Gasteiger partial charge in [0, 0.05) is 43.0 Å². The molecule has 1 aromatic rings. The van der Waals surface area contributed by atoms with Crippen LogP contribution in [0.2, 0.25) is 0 Å². The van der Waals surface area contributed by atoms with Crippen LogP contribution < -0.4 is 10.2 Å². The van der Waals surface area contributed by atoms with E-state index in [0.29, 0.717) is 24.3 Å². The summed E-state index contributed by atoms with van der Waals surface area (Å²) in [7, 11) is 0. The van der Waals surface area contributed by atoms with E-state index in [1.165, 1.54) is 0 Å². The van der Waals surface area contributed by atoms with Crippen molar-refractivity contribution in [3.05, 3.63) is 23.8 Å². The Bertz CT molecular complexity index is 624. The average molecular weight is 345 g/mol. The van der Waals surface area contributed by atoms with E-state index < -0.39 is 5.41 Å². The number of nitrogens with zero attached hydrogens (tertiary/aromatic N) is 2. The molecule has 0 aromatic heterocycles. The molecule has 0 bridgehead atoms. The Labute approximate surface area is 151 Å². The molecule has 1 saturated heterocycles. The third-order valence-corrected chi connectivity index (χ3v) is 4.66. The minimum atomic E-state index is -0.476. The van der Waals surface area contributed by atoms with Crippen molar-refractivity contribution >= 4 is 23.2 Å². The lowest BCUT2D eigenvalue weighted by Gasteiger charge is -2.26. The van der Waals surface area contributed by atoms with Gasteiger partial charge in [-0.05, 0) is 44.9 Å². The molecule has 2 amide bonds. The summed E-state index contributed by atoms with van der Waals surface area (Å²) < 4.78 is 0. The largest absolute Gasteiger partial charge is 0.371 e. The van der Waals surface area contributed by atoms with Crippen LogP contribution in [0.4, 0.5) is 11.4 Å². The molecule has 5 nitrogen and oxygen atoms in total. The molecular weight excluding hydrogens is 314 g/mol. The third kappa shape index (κ3) is 4.53. The van der Waals surface area contributed by atoms with E-state index in [-0.39, 0.29) is 11.8 Å². The summed E-state index contributed by atoms with van der Waals surface area (Å²) in [5, 5.41) is 2.94. The minimum absolute atomic E-state index is 0.0266. The van der Waals surface area contributed by atoms with Gasteiger partial charge in [-0.3, -0.25) is 9.59 Å². The second-order valence-electron chi connectivity index (χ2n) is 7.61. The van der Waals surface area contributed by atoms with Gasteiger partial charge in [0.05, 0.1) is 5.56 Å². The normalized spacial score (nSPS) is 14.5. The highest BCUT2D eigenvalue weighted by Gasteiger charge is 2.25. The van der Waals surface area contributed by atoms with E-state index in [4.69, 9.17) is 0 Å². The number of carbonyl (C=O) groups is 2. The Morgan fingerprint density at radius 3 is 2.24 bits per heavy atom. The standard InChI is InChI=1S/C20H31N3O2/c1-6-22(7-2)18(24)16-14-15(21-19(25)20(3,4)5)10-11-17(16)23-12-8-9-13-23/h10-11,14H,6-9,12-13H2,1-5H3,(H,21,25). The van der Waals surface area contributed by atoms with Crippen molar-refractivity contribution in [2.24, 2.45) is 5.41 Å². The van der Waals surface area contributed by atoms with E-state index in [1.54, 1.807) is 0 Å². The first-order chi connectivity index (χ1) is 11.8. The van der Waals surface area contributed by atoms with Crippen molar-refractivity contribution < 1.29 is 9.59 Å². The van der Waals surface area contributed by atoms with E-state index in [9.17, 15) is 9.59 Å². The van der Waals surface area contributed by atoms with Crippen LogP contribution in [0.5, 0.6) is 0 Å². The van der Waals surface area contributed by atoms with Crippen molar-refractivity contribution in [2.45, 2.75) is 47.5 Å². The number of amides is 2. The average Bonchev–Trinajstić information content (AvgIpc) is 3.09. The van der Waals surface area contributed by atoms with Crippen molar-refractivity contribution in [1.82, 2.24) is 4.90 Å².